The average molecular weight is 383 g/mol. The molecule has 0 bridgehead atoms. The summed E-state index contributed by atoms with van der Waals surface area (Å²) < 4.78 is 18.4. The molecule has 3 rings (SSSR count). The second-order valence-electron chi connectivity index (χ2n) is 6.18. The van der Waals surface area contributed by atoms with Gasteiger partial charge in [0.2, 0.25) is 0 Å². The standard InChI is InChI=1S/C20H18FN3O4/c1-3-28-19(27)20(2)17(23-22-14-7-5-4-6-8-14)16(25)18(26)24(20)15-11-9-13(21)10-12-15/h4-12,22H,3H2,1-2H3/b23-17-/t20-/m1/s1. The summed E-state index contributed by atoms with van der Waals surface area (Å²) in [6.45, 7) is 3.04. The number of benzene rings is 2. The monoisotopic (exact) mass is 383 g/mol. The number of nitrogens with one attached hydrogen (secondary N) is 1. The Labute approximate surface area is 160 Å². The van der Waals surface area contributed by atoms with Gasteiger partial charge in [-0.1, -0.05) is 18.2 Å². The van der Waals surface area contributed by atoms with Crippen molar-refractivity contribution in [2.24, 2.45) is 5.10 Å². The number of halogens is 1. The van der Waals surface area contributed by atoms with Crippen molar-refractivity contribution in [3.63, 3.8) is 0 Å². The highest BCUT2D eigenvalue weighted by Gasteiger charge is 2.60. The molecule has 1 aliphatic heterocycles. The molecular formula is C20H18FN3O4. The molecule has 28 heavy (non-hydrogen) atoms. The third-order valence-electron chi connectivity index (χ3n) is 4.35. The Bertz CT molecular complexity index is 944. The number of Topliss-reactive ketones (excluding diaryl/α,β-unsaturated/α-hetero) is 1. The number of hydrogen-bond donors (Lipinski definition) is 1. The molecule has 0 radical (unpaired) electrons. The number of carbonyl (C=O) groups is 3. The van der Waals surface area contributed by atoms with Crippen molar-refractivity contribution in [2.75, 3.05) is 16.9 Å². The van der Waals surface area contributed by atoms with Crippen LogP contribution in [0.15, 0.2) is 59.7 Å². The number of carbonyl (C=O) groups excluding carboxylic acids is 3. The van der Waals surface area contributed by atoms with Gasteiger partial charge >= 0.3 is 11.9 Å². The van der Waals surface area contributed by atoms with Crippen LogP contribution in [0.2, 0.25) is 0 Å². The summed E-state index contributed by atoms with van der Waals surface area (Å²) in [5.74, 6) is -3.22. The van der Waals surface area contributed by atoms with Gasteiger partial charge in [-0.15, -0.1) is 0 Å². The second-order valence-corrected chi connectivity index (χ2v) is 6.18. The molecule has 1 atom stereocenters. The van der Waals surface area contributed by atoms with Crippen molar-refractivity contribution in [1.82, 2.24) is 0 Å². The minimum absolute atomic E-state index is 0.0491. The summed E-state index contributed by atoms with van der Waals surface area (Å²) in [5.41, 5.74) is 1.34. The van der Waals surface area contributed by atoms with Gasteiger partial charge < -0.3 is 4.74 Å². The van der Waals surface area contributed by atoms with Crippen molar-refractivity contribution in [2.45, 2.75) is 19.4 Å². The smallest absolute Gasteiger partial charge is 0.338 e. The van der Waals surface area contributed by atoms with Crippen LogP contribution in [0.4, 0.5) is 15.8 Å². The molecule has 144 valence electrons. The summed E-state index contributed by atoms with van der Waals surface area (Å²) in [4.78, 5) is 39.1. The van der Waals surface area contributed by atoms with Gasteiger partial charge in [-0.3, -0.25) is 19.9 Å². The average Bonchev–Trinajstić information content (AvgIpc) is 2.89. The fourth-order valence-corrected chi connectivity index (χ4v) is 2.95. The molecule has 1 aliphatic rings. The maximum atomic E-state index is 13.3. The zero-order chi connectivity index (χ0) is 20.3. The van der Waals surface area contributed by atoms with E-state index in [1.807, 2.05) is 6.07 Å². The largest absolute Gasteiger partial charge is 0.464 e. The maximum Gasteiger partial charge on any atom is 0.338 e. The van der Waals surface area contributed by atoms with Gasteiger partial charge in [0, 0.05) is 5.69 Å². The van der Waals surface area contributed by atoms with Crippen LogP contribution in [0.1, 0.15) is 13.8 Å². The Kier molecular flexibility index (Phi) is 5.21. The third-order valence-corrected chi connectivity index (χ3v) is 4.35. The number of para-hydroxylation sites is 1. The van der Waals surface area contributed by atoms with Crippen LogP contribution in [0.5, 0.6) is 0 Å². The fraction of sp³-hybridized carbons (Fsp3) is 0.200. The molecule has 1 saturated heterocycles. The zero-order valence-corrected chi connectivity index (χ0v) is 15.3. The summed E-state index contributed by atoms with van der Waals surface area (Å²) in [6.07, 6.45) is 0. The van der Waals surface area contributed by atoms with Crippen molar-refractivity contribution in [3.8, 4) is 0 Å². The van der Waals surface area contributed by atoms with Crippen LogP contribution in [0.25, 0.3) is 0 Å². The van der Waals surface area contributed by atoms with Gasteiger partial charge in [0.25, 0.3) is 5.78 Å². The van der Waals surface area contributed by atoms with Gasteiger partial charge in [0.15, 0.2) is 11.3 Å². The van der Waals surface area contributed by atoms with E-state index in [0.29, 0.717) is 5.69 Å². The first kappa shape index (κ1) is 19.2. The molecule has 7 nitrogen and oxygen atoms in total. The molecule has 1 heterocycles. The van der Waals surface area contributed by atoms with Crippen LogP contribution < -0.4 is 10.3 Å². The van der Waals surface area contributed by atoms with Crippen LogP contribution in [-0.4, -0.2) is 35.5 Å². The summed E-state index contributed by atoms with van der Waals surface area (Å²) in [7, 11) is 0. The molecule has 1 N–H and O–H groups in total. The Morgan fingerprint density at radius 2 is 1.79 bits per heavy atom. The van der Waals surface area contributed by atoms with E-state index in [1.54, 1.807) is 31.2 Å². The lowest BCUT2D eigenvalue weighted by molar-refractivity contribution is -0.147. The van der Waals surface area contributed by atoms with E-state index < -0.39 is 29.0 Å². The minimum atomic E-state index is -1.80. The number of anilines is 2. The highest BCUT2D eigenvalue weighted by molar-refractivity contribution is 6.75. The SMILES string of the molecule is CCOC(=O)[C@@]1(C)/C(=N\Nc2ccccc2)C(=O)C(=O)N1c1ccc(F)cc1. The minimum Gasteiger partial charge on any atom is -0.464 e. The Morgan fingerprint density at radius 3 is 2.39 bits per heavy atom. The number of nitrogens with zero attached hydrogens (tertiary/aromatic N) is 2. The Hall–Kier alpha value is -3.55. The normalized spacial score (nSPS) is 20.5. The number of esters is 1. The molecule has 2 aromatic rings. The molecular weight excluding hydrogens is 365 g/mol. The highest BCUT2D eigenvalue weighted by Crippen LogP contribution is 2.33. The third kappa shape index (κ3) is 3.24. The number of rotatable bonds is 5. The summed E-state index contributed by atoms with van der Waals surface area (Å²) >= 11 is 0. The first-order valence-electron chi connectivity index (χ1n) is 8.60. The predicted octanol–water partition coefficient (Wildman–Crippen LogP) is 2.53. The summed E-state index contributed by atoms with van der Waals surface area (Å²) in [6, 6.07) is 13.7. The van der Waals surface area contributed by atoms with E-state index >= 15 is 0 Å². The van der Waals surface area contributed by atoms with E-state index in [0.717, 1.165) is 17.0 Å². The second kappa shape index (κ2) is 7.59. The molecule has 1 amide bonds. The van der Waals surface area contributed by atoms with Crippen LogP contribution in [-0.2, 0) is 19.1 Å². The molecule has 8 heteroatoms. The number of ketones is 1. The Balaban J connectivity index is 2.09. The number of ether oxygens (including phenoxy) is 1. The summed E-state index contributed by atoms with van der Waals surface area (Å²) in [5, 5.41) is 4.05. The van der Waals surface area contributed by atoms with Crippen LogP contribution >= 0.6 is 0 Å². The molecule has 0 aliphatic carbocycles. The van der Waals surface area contributed by atoms with Crippen LogP contribution in [0, 0.1) is 5.82 Å². The van der Waals surface area contributed by atoms with E-state index in [1.165, 1.54) is 19.1 Å². The van der Waals surface area contributed by atoms with Crippen molar-refractivity contribution >= 4 is 34.7 Å². The number of amides is 1. The first-order valence-corrected chi connectivity index (χ1v) is 8.60. The van der Waals surface area contributed by atoms with Crippen molar-refractivity contribution in [3.05, 3.63) is 60.4 Å². The van der Waals surface area contributed by atoms with Gasteiger partial charge in [-0.05, 0) is 50.2 Å². The maximum absolute atomic E-state index is 13.3. The van der Waals surface area contributed by atoms with E-state index in [-0.39, 0.29) is 18.0 Å². The molecule has 0 spiro atoms. The fourth-order valence-electron chi connectivity index (χ4n) is 2.95. The molecule has 0 unspecified atom stereocenters. The lowest BCUT2D eigenvalue weighted by Gasteiger charge is -2.31. The van der Waals surface area contributed by atoms with Crippen molar-refractivity contribution in [1.29, 1.82) is 0 Å². The topological polar surface area (TPSA) is 88.1 Å². The highest BCUT2D eigenvalue weighted by atomic mass is 19.1. The van der Waals surface area contributed by atoms with E-state index in [2.05, 4.69) is 10.5 Å². The van der Waals surface area contributed by atoms with Gasteiger partial charge in [-0.2, -0.15) is 5.10 Å². The predicted molar refractivity (Wildman–Crippen MR) is 101 cm³/mol. The molecule has 2 aromatic carbocycles. The van der Waals surface area contributed by atoms with Gasteiger partial charge in [0.1, 0.15) is 5.82 Å². The molecule has 1 fully saturated rings. The first-order chi connectivity index (χ1) is 13.4. The van der Waals surface area contributed by atoms with E-state index in [4.69, 9.17) is 4.74 Å². The number of hydrazone groups is 1. The lowest BCUT2D eigenvalue weighted by atomic mass is 9.95. The quantitative estimate of drug-likeness (QED) is 0.487. The molecule has 0 aromatic heterocycles. The van der Waals surface area contributed by atoms with Gasteiger partial charge in [-0.25, -0.2) is 9.18 Å². The van der Waals surface area contributed by atoms with Gasteiger partial charge in [0.05, 0.1) is 12.3 Å². The Morgan fingerprint density at radius 1 is 1.14 bits per heavy atom. The number of hydrogen-bond acceptors (Lipinski definition) is 6. The van der Waals surface area contributed by atoms with Crippen LogP contribution in [0.3, 0.4) is 0 Å². The zero-order valence-electron chi connectivity index (χ0n) is 15.3. The van der Waals surface area contributed by atoms with Crippen molar-refractivity contribution < 1.29 is 23.5 Å². The molecule has 0 saturated carbocycles. The van der Waals surface area contributed by atoms with E-state index in [9.17, 15) is 18.8 Å². The lowest BCUT2D eigenvalue weighted by Crippen LogP contribution is -2.55.